The number of aryl methyl sites for hydroxylation is 1. The second-order valence-corrected chi connectivity index (χ2v) is 4.45. The average molecular weight is 268 g/mol. The maximum atomic E-state index is 11.8. The number of ether oxygens (including phenoxy) is 1. The van der Waals surface area contributed by atoms with Crippen LogP contribution in [0.4, 0.5) is 0 Å². The van der Waals surface area contributed by atoms with Gasteiger partial charge in [0, 0.05) is 11.1 Å². The standard InChI is InChI=1S/C16H16N2O2/c1-4-9-17-15(16(19)20-3)13-7-8-14-12(10-13)6-5-11(2)18-14/h1,5-8,10,15,17H,9H2,2-3H3. The minimum atomic E-state index is -0.568. The van der Waals surface area contributed by atoms with Gasteiger partial charge >= 0.3 is 5.97 Å². The molecule has 0 spiro atoms. The Labute approximate surface area is 118 Å². The van der Waals surface area contributed by atoms with Gasteiger partial charge in [0.25, 0.3) is 0 Å². The number of rotatable bonds is 4. The SMILES string of the molecule is C#CCNC(C(=O)OC)c1ccc2nc(C)ccc2c1. The second kappa shape index (κ2) is 6.18. The van der Waals surface area contributed by atoms with Crippen molar-refractivity contribution in [1.29, 1.82) is 0 Å². The van der Waals surface area contributed by atoms with E-state index in [-0.39, 0.29) is 5.97 Å². The molecule has 0 fully saturated rings. The summed E-state index contributed by atoms with van der Waals surface area (Å²) in [6.45, 7) is 2.24. The van der Waals surface area contributed by atoms with Gasteiger partial charge in [-0.1, -0.05) is 18.1 Å². The van der Waals surface area contributed by atoms with Crippen LogP contribution >= 0.6 is 0 Å². The molecule has 0 saturated heterocycles. The number of hydrogen-bond acceptors (Lipinski definition) is 4. The first-order chi connectivity index (χ1) is 9.65. The molecule has 0 amide bonds. The van der Waals surface area contributed by atoms with Crippen molar-refractivity contribution < 1.29 is 9.53 Å². The lowest BCUT2D eigenvalue weighted by Gasteiger charge is -2.16. The van der Waals surface area contributed by atoms with Gasteiger partial charge in [0.2, 0.25) is 0 Å². The number of esters is 1. The number of nitrogens with one attached hydrogen (secondary N) is 1. The lowest BCUT2D eigenvalue weighted by atomic mass is 10.0. The fraction of sp³-hybridized carbons (Fsp3) is 0.250. The molecule has 0 aliphatic heterocycles. The number of hydrogen-bond donors (Lipinski definition) is 1. The van der Waals surface area contributed by atoms with E-state index in [2.05, 4.69) is 16.2 Å². The summed E-state index contributed by atoms with van der Waals surface area (Å²) >= 11 is 0. The largest absolute Gasteiger partial charge is 0.468 e. The number of methoxy groups -OCH3 is 1. The summed E-state index contributed by atoms with van der Waals surface area (Å²) in [5, 5.41) is 3.96. The molecule has 102 valence electrons. The molecule has 0 aliphatic rings. The van der Waals surface area contributed by atoms with Crippen molar-refractivity contribution in [2.45, 2.75) is 13.0 Å². The summed E-state index contributed by atoms with van der Waals surface area (Å²) in [7, 11) is 1.36. The maximum absolute atomic E-state index is 11.8. The smallest absolute Gasteiger partial charge is 0.327 e. The van der Waals surface area contributed by atoms with Crippen LogP contribution in [0.5, 0.6) is 0 Å². The molecule has 1 atom stereocenters. The minimum absolute atomic E-state index is 0.296. The summed E-state index contributed by atoms with van der Waals surface area (Å²) in [6, 6.07) is 9.03. The second-order valence-electron chi connectivity index (χ2n) is 4.45. The molecule has 1 N–H and O–H groups in total. The number of nitrogens with zero attached hydrogens (tertiary/aromatic N) is 1. The van der Waals surface area contributed by atoms with Crippen LogP contribution in [0.2, 0.25) is 0 Å². The third-order valence-corrected chi connectivity index (χ3v) is 3.03. The molecule has 4 heteroatoms. The van der Waals surface area contributed by atoms with E-state index >= 15 is 0 Å². The first kappa shape index (κ1) is 14.0. The Hall–Kier alpha value is -2.38. The quantitative estimate of drug-likeness (QED) is 0.680. The molecular weight excluding hydrogens is 252 g/mol. The number of fused-ring (bicyclic) bond motifs is 1. The Bertz CT molecular complexity index is 674. The van der Waals surface area contributed by atoms with E-state index in [1.54, 1.807) is 0 Å². The van der Waals surface area contributed by atoms with Crippen LogP contribution < -0.4 is 5.32 Å². The first-order valence-electron chi connectivity index (χ1n) is 6.27. The molecule has 1 aromatic heterocycles. The van der Waals surface area contributed by atoms with E-state index in [0.717, 1.165) is 22.2 Å². The van der Waals surface area contributed by atoms with Gasteiger partial charge in [0.1, 0.15) is 6.04 Å². The predicted molar refractivity (Wildman–Crippen MR) is 78.1 cm³/mol. The minimum Gasteiger partial charge on any atom is -0.468 e. The van der Waals surface area contributed by atoms with Crippen molar-refractivity contribution in [2.75, 3.05) is 13.7 Å². The van der Waals surface area contributed by atoms with E-state index in [9.17, 15) is 4.79 Å². The third-order valence-electron chi connectivity index (χ3n) is 3.03. The highest BCUT2D eigenvalue weighted by Gasteiger charge is 2.20. The molecule has 1 aromatic carbocycles. The van der Waals surface area contributed by atoms with Crippen LogP contribution in [-0.4, -0.2) is 24.6 Å². The van der Waals surface area contributed by atoms with Gasteiger partial charge in [-0.2, -0.15) is 0 Å². The normalized spacial score (nSPS) is 11.8. The molecule has 4 nitrogen and oxygen atoms in total. The Morgan fingerprint density at radius 2 is 2.25 bits per heavy atom. The van der Waals surface area contributed by atoms with Gasteiger partial charge in [0.15, 0.2) is 0 Å². The van der Waals surface area contributed by atoms with Crippen LogP contribution in [0, 0.1) is 19.3 Å². The van der Waals surface area contributed by atoms with Crippen LogP contribution in [-0.2, 0) is 9.53 Å². The van der Waals surface area contributed by atoms with E-state index in [0.29, 0.717) is 6.54 Å². The van der Waals surface area contributed by atoms with E-state index in [1.165, 1.54) is 7.11 Å². The first-order valence-corrected chi connectivity index (χ1v) is 6.27. The topological polar surface area (TPSA) is 51.2 Å². The number of aromatic nitrogens is 1. The summed E-state index contributed by atoms with van der Waals surface area (Å²) in [5.41, 5.74) is 2.67. The number of carbonyl (C=O) groups excluding carboxylic acids is 1. The van der Waals surface area contributed by atoms with E-state index in [1.807, 2.05) is 37.3 Å². The zero-order chi connectivity index (χ0) is 14.5. The number of terminal acetylenes is 1. The lowest BCUT2D eigenvalue weighted by Crippen LogP contribution is -2.29. The Morgan fingerprint density at radius 1 is 1.45 bits per heavy atom. The highest BCUT2D eigenvalue weighted by atomic mass is 16.5. The van der Waals surface area contributed by atoms with Gasteiger partial charge in [-0.05, 0) is 30.7 Å². The summed E-state index contributed by atoms with van der Waals surface area (Å²) in [4.78, 5) is 16.3. The van der Waals surface area contributed by atoms with Crippen molar-refractivity contribution in [2.24, 2.45) is 0 Å². The van der Waals surface area contributed by atoms with Gasteiger partial charge < -0.3 is 4.74 Å². The predicted octanol–water partition coefficient (Wildman–Crippen LogP) is 1.98. The zero-order valence-corrected chi connectivity index (χ0v) is 11.5. The zero-order valence-electron chi connectivity index (χ0n) is 11.5. The molecule has 0 bridgehead atoms. The summed E-state index contributed by atoms with van der Waals surface area (Å²) < 4.78 is 4.81. The van der Waals surface area contributed by atoms with Gasteiger partial charge in [-0.15, -0.1) is 6.42 Å². The molecule has 2 rings (SSSR count). The highest BCUT2D eigenvalue weighted by molar-refractivity contribution is 5.83. The van der Waals surface area contributed by atoms with Gasteiger partial charge in [0.05, 0.1) is 19.2 Å². The van der Waals surface area contributed by atoms with Gasteiger partial charge in [-0.3, -0.25) is 10.3 Å². The van der Waals surface area contributed by atoms with Gasteiger partial charge in [-0.25, -0.2) is 4.79 Å². The highest BCUT2D eigenvalue weighted by Crippen LogP contribution is 2.20. The van der Waals surface area contributed by atoms with Crippen LogP contribution in [0.3, 0.4) is 0 Å². The molecule has 1 heterocycles. The fourth-order valence-corrected chi connectivity index (χ4v) is 2.04. The number of pyridine rings is 1. The fourth-order valence-electron chi connectivity index (χ4n) is 2.04. The summed E-state index contributed by atoms with van der Waals surface area (Å²) in [6.07, 6.45) is 5.23. The molecule has 0 radical (unpaired) electrons. The molecular formula is C16H16N2O2. The van der Waals surface area contributed by atoms with Crippen LogP contribution in [0.25, 0.3) is 10.9 Å². The Balaban J connectivity index is 2.40. The average Bonchev–Trinajstić information content (AvgIpc) is 2.47. The molecule has 0 aliphatic carbocycles. The van der Waals surface area contributed by atoms with E-state index in [4.69, 9.17) is 11.2 Å². The van der Waals surface area contributed by atoms with Crippen LogP contribution in [0.15, 0.2) is 30.3 Å². The van der Waals surface area contributed by atoms with E-state index < -0.39 is 6.04 Å². The monoisotopic (exact) mass is 268 g/mol. The van der Waals surface area contributed by atoms with Crippen LogP contribution in [0.1, 0.15) is 17.3 Å². The van der Waals surface area contributed by atoms with Crippen molar-refractivity contribution in [3.63, 3.8) is 0 Å². The lowest BCUT2D eigenvalue weighted by molar-refractivity contribution is -0.143. The van der Waals surface area contributed by atoms with Crippen molar-refractivity contribution in [3.05, 3.63) is 41.6 Å². The number of benzene rings is 1. The molecule has 2 aromatic rings. The summed E-state index contributed by atoms with van der Waals surface area (Å²) in [5.74, 6) is 2.10. The van der Waals surface area contributed by atoms with Crippen molar-refractivity contribution >= 4 is 16.9 Å². The molecule has 20 heavy (non-hydrogen) atoms. The number of carbonyl (C=O) groups is 1. The molecule has 1 unspecified atom stereocenters. The van der Waals surface area contributed by atoms with Crippen molar-refractivity contribution in [1.82, 2.24) is 10.3 Å². The molecule has 0 saturated carbocycles. The van der Waals surface area contributed by atoms with Crippen molar-refractivity contribution in [3.8, 4) is 12.3 Å². The maximum Gasteiger partial charge on any atom is 0.327 e. The Morgan fingerprint density at radius 3 is 2.95 bits per heavy atom. The Kier molecular flexibility index (Phi) is 4.34. The third kappa shape index (κ3) is 2.95.